The minimum atomic E-state index is -0.791. The first-order valence-corrected chi connectivity index (χ1v) is 6.41. The van der Waals surface area contributed by atoms with Crippen molar-refractivity contribution >= 4 is 12.1 Å². The van der Waals surface area contributed by atoms with Crippen LogP contribution in [0.25, 0.3) is 0 Å². The predicted octanol–water partition coefficient (Wildman–Crippen LogP) is 1.17. The van der Waals surface area contributed by atoms with E-state index < -0.39 is 29.7 Å². The topological polar surface area (TPSA) is 76.1 Å². The molecule has 110 valence electrons. The monoisotopic (exact) mass is 273 g/mol. The first-order chi connectivity index (χ1) is 8.65. The van der Waals surface area contributed by atoms with Crippen molar-refractivity contribution in [1.29, 1.82) is 0 Å². The minimum absolute atomic E-state index is 0.115. The maximum Gasteiger partial charge on any atom is 0.410 e. The van der Waals surface area contributed by atoms with E-state index >= 15 is 0 Å². The molecule has 0 aromatic rings. The van der Waals surface area contributed by atoms with E-state index in [4.69, 9.17) is 4.74 Å². The van der Waals surface area contributed by atoms with Gasteiger partial charge in [0.25, 0.3) is 0 Å². The van der Waals surface area contributed by atoms with Crippen LogP contribution < -0.4 is 0 Å². The Labute approximate surface area is 113 Å². The summed E-state index contributed by atoms with van der Waals surface area (Å²) in [4.78, 5) is 25.1. The SMILES string of the molecule is COC(=O)C1CN(C(=O)OC(C)(C)C)C(C)CC1O. The van der Waals surface area contributed by atoms with Crippen molar-refractivity contribution in [2.24, 2.45) is 5.92 Å². The van der Waals surface area contributed by atoms with E-state index in [1.54, 1.807) is 20.8 Å². The minimum Gasteiger partial charge on any atom is -0.469 e. The van der Waals surface area contributed by atoms with Crippen molar-refractivity contribution in [2.75, 3.05) is 13.7 Å². The molecule has 1 aliphatic heterocycles. The number of carbonyl (C=O) groups is 2. The standard InChI is InChI=1S/C13H23NO5/c1-8-6-10(15)9(11(16)18-5)7-14(8)12(17)19-13(2,3)4/h8-10,15H,6-7H2,1-5H3. The van der Waals surface area contributed by atoms with Crippen LogP contribution in [0.5, 0.6) is 0 Å². The number of nitrogens with zero attached hydrogens (tertiary/aromatic N) is 1. The molecule has 1 rings (SSSR count). The van der Waals surface area contributed by atoms with Gasteiger partial charge < -0.3 is 19.5 Å². The molecule has 0 aromatic carbocycles. The molecule has 1 aliphatic rings. The van der Waals surface area contributed by atoms with Crippen LogP contribution in [0.2, 0.25) is 0 Å². The lowest BCUT2D eigenvalue weighted by Gasteiger charge is -2.40. The maximum atomic E-state index is 12.1. The highest BCUT2D eigenvalue weighted by Crippen LogP contribution is 2.25. The number of piperidine rings is 1. The Morgan fingerprint density at radius 3 is 2.37 bits per heavy atom. The van der Waals surface area contributed by atoms with Crippen LogP contribution in [-0.4, -0.2) is 53.5 Å². The fourth-order valence-electron chi connectivity index (χ4n) is 2.11. The van der Waals surface area contributed by atoms with Gasteiger partial charge in [0.1, 0.15) is 11.5 Å². The second kappa shape index (κ2) is 5.77. The summed E-state index contributed by atoms with van der Waals surface area (Å²) < 4.78 is 9.94. The number of rotatable bonds is 1. The summed E-state index contributed by atoms with van der Waals surface area (Å²) in [5.74, 6) is -1.22. The van der Waals surface area contributed by atoms with E-state index in [2.05, 4.69) is 4.74 Å². The van der Waals surface area contributed by atoms with Gasteiger partial charge in [0.15, 0.2) is 0 Å². The second-order valence-corrected chi connectivity index (χ2v) is 5.91. The van der Waals surface area contributed by atoms with Gasteiger partial charge in [0, 0.05) is 12.6 Å². The van der Waals surface area contributed by atoms with Crippen LogP contribution in [0.15, 0.2) is 0 Å². The number of amides is 1. The second-order valence-electron chi connectivity index (χ2n) is 5.91. The lowest BCUT2D eigenvalue weighted by Crippen LogP contribution is -2.54. The van der Waals surface area contributed by atoms with Gasteiger partial charge in [-0.2, -0.15) is 0 Å². The summed E-state index contributed by atoms with van der Waals surface area (Å²) in [6, 6.07) is -0.175. The zero-order valence-corrected chi connectivity index (χ0v) is 12.2. The van der Waals surface area contributed by atoms with Gasteiger partial charge >= 0.3 is 12.1 Å². The molecule has 0 aliphatic carbocycles. The normalized spacial score (nSPS) is 27.9. The Bertz CT molecular complexity index is 349. The molecule has 6 heteroatoms. The highest BCUT2D eigenvalue weighted by molar-refractivity contribution is 5.75. The van der Waals surface area contributed by atoms with Gasteiger partial charge in [0.05, 0.1) is 13.2 Å². The van der Waals surface area contributed by atoms with Crippen molar-refractivity contribution in [3.63, 3.8) is 0 Å². The molecular weight excluding hydrogens is 250 g/mol. The number of hydrogen-bond acceptors (Lipinski definition) is 5. The average Bonchev–Trinajstić information content (AvgIpc) is 2.25. The zero-order valence-electron chi connectivity index (χ0n) is 12.2. The Balaban J connectivity index is 2.77. The summed E-state index contributed by atoms with van der Waals surface area (Å²) in [5, 5.41) is 9.89. The third-order valence-corrected chi connectivity index (χ3v) is 3.10. The molecule has 0 spiro atoms. The molecule has 1 saturated heterocycles. The van der Waals surface area contributed by atoms with Crippen molar-refractivity contribution < 1.29 is 24.2 Å². The van der Waals surface area contributed by atoms with E-state index in [1.165, 1.54) is 12.0 Å². The average molecular weight is 273 g/mol. The first-order valence-electron chi connectivity index (χ1n) is 6.41. The number of aliphatic hydroxyl groups excluding tert-OH is 1. The Kier molecular flexibility index (Phi) is 4.79. The van der Waals surface area contributed by atoms with E-state index in [-0.39, 0.29) is 12.6 Å². The summed E-state index contributed by atoms with van der Waals surface area (Å²) in [5.41, 5.74) is -0.590. The molecule has 0 aromatic heterocycles. The Hall–Kier alpha value is -1.30. The zero-order chi connectivity index (χ0) is 14.8. The van der Waals surface area contributed by atoms with Gasteiger partial charge in [0.2, 0.25) is 0 Å². The predicted molar refractivity (Wildman–Crippen MR) is 68.5 cm³/mol. The number of hydrogen-bond donors (Lipinski definition) is 1. The molecule has 6 nitrogen and oxygen atoms in total. The van der Waals surface area contributed by atoms with Crippen molar-refractivity contribution in [3.05, 3.63) is 0 Å². The molecule has 0 bridgehead atoms. The van der Waals surface area contributed by atoms with E-state index in [0.717, 1.165) is 0 Å². The van der Waals surface area contributed by atoms with Crippen LogP contribution in [0.4, 0.5) is 4.79 Å². The lowest BCUT2D eigenvalue weighted by molar-refractivity contribution is -0.153. The van der Waals surface area contributed by atoms with Crippen LogP contribution in [0, 0.1) is 5.92 Å². The lowest BCUT2D eigenvalue weighted by atomic mass is 9.91. The molecule has 1 amide bonds. The van der Waals surface area contributed by atoms with E-state index in [9.17, 15) is 14.7 Å². The highest BCUT2D eigenvalue weighted by atomic mass is 16.6. The first kappa shape index (κ1) is 15.8. The maximum absolute atomic E-state index is 12.1. The number of esters is 1. The number of methoxy groups -OCH3 is 1. The fraction of sp³-hybridized carbons (Fsp3) is 0.846. The van der Waals surface area contributed by atoms with Crippen LogP contribution in [-0.2, 0) is 14.3 Å². The highest BCUT2D eigenvalue weighted by Gasteiger charge is 2.40. The smallest absolute Gasteiger partial charge is 0.410 e. The fourth-order valence-corrected chi connectivity index (χ4v) is 2.11. The third kappa shape index (κ3) is 4.09. The third-order valence-electron chi connectivity index (χ3n) is 3.10. The molecule has 1 fully saturated rings. The number of carbonyl (C=O) groups excluding carboxylic acids is 2. The van der Waals surface area contributed by atoms with Gasteiger partial charge in [-0.1, -0.05) is 0 Å². The van der Waals surface area contributed by atoms with Crippen molar-refractivity contribution in [3.8, 4) is 0 Å². The van der Waals surface area contributed by atoms with E-state index in [0.29, 0.717) is 6.42 Å². The molecule has 0 saturated carbocycles. The van der Waals surface area contributed by atoms with Gasteiger partial charge in [-0.25, -0.2) is 4.79 Å². The van der Waals surface area contributed by atoms with Crippen LogP contribution in [0.1, 0.15) is 34.1 Å². The molecule has 3 atom stereocenters. The molecule has 1 heterocycles. The molecule has 3 unspecified atom stereocenters. The van der Waals surface area contributed by atoms with Crippen LogP contribution in [0.3, 0.4) is 0 Å². The summed E-state index contributed by atoms with van der Waals surface area (Å²) in [6.45, 7) is 7.29. The molecule has 1 N–H and O–H groups in total. The number of aliphatic hydroxyl groups is 1. The largest absolute Gasteiger partial charge is 0.469 e. The summed E-state index contributed by atoms with van der Waals surface area (Å²) in [6.07, 6.45) is -0.930. The molecule has 19 heavy (non-hydrogen) atoms. The van der Waals surface area contributed by atoms with Crippen molar-refractivity contribution in [1.82, 2.24) is 4.90 Å². The number of likely N-dealkylation sites (tertiary alicyclic amines) is 1. The van der Waals surface area contributed by atoms with Crippen molar-refractivity contribution in [2.45, 2.75) is 51.9 Å². The summed E-state index contributed by atoms with van der Waals surface area (Å²) >= 11 is 0. The quantitative estimate of drug-likeness (QED) is 0.726. The Morgan fingerprint density at radius 2 is 1.89 bits per heavy atom. The van der Waals surface area contributed by atoms with Gasteiger partial charge in [-0.15, -0.1) is 0 Å². The van der Waals surface area contributed by atoms with Gasteiger partial charge in [-0.05, 0) is 34.1 Å². The van der Waals surface area contributed by atoms with E-state index in [1.807, 2.05) is 6.92 Å². The number of ether oxygens (including phenoxy) is 2. The molecular formula is C13H23NO5. The molecule has 0 radical (unpaired) electrons. The Morgan fingerprint density at radius 1 is 1.32 bits per heavy atom. The van der Waals surface area contributed by atoms with Crippen LogP contribution >= 0.6 is 0 Å². The summed E-state index contributed by atoms with van der Waals surface area (Å²) in [7, 11) is 1.27. The van der Waals surface area contributed by atoms with Gasteiger partial charge in [-0.3, -0.25) is 4.79 Å².